The average molecular weight is 407 g/mol. The highest BCUT2D eigenvalue weighted by Crippen LogP contribution is 2.32. The zero-order valence-electron chi connectivity index (χ0n) is 15.7. The normalized spacial score (nSPS) is 14.4. The summed E-state index contributed by atoms with van der Waals surface area (Å²) in [5.41, 5.74) is 0.770. The highest BCUT2D eigenvalue weighted by Gasteiger charge is 2.23. The van der Waals surface area contributed by atoms with Crippen LogP contribution in [0.1, 0.15) is 24.9 Å². The molecule has 0 spiro atoms. The van der Waals surface area contributed by atoms with Gasteiger partial charge in [-0.15, -0.1) is 0 Å². The van der Waals surface area contributed by atoms with E-state index in [0.29, 0.717) is 24.7 Å². The maximum atomic E-state index is 13.1. The van der Waals surface area contributed by atoms with E-state index in [1.165, 1.54) is 29.2 Å². The Balaban J connectivity index is 1.65. The summed E-state index contributed by atoms with van der Waals surface area (Å²) in [4.78, 5) is 14.0. The molecule has 2 aromatic rings. The Morgan fingerprint density at radius 2 is 1.75 bits per heavy atom. The van der Waals surface area contributed by atoms with Crippen molar-refractivity contribution in [1.82, 2.24) is 4.90 Å². The third-order valence-corrected chi connectivity index (χ3v) is 6.50. The molecule has 1 atom stereocenters. The van der Waals surface area contributed by atoms with Gasteiger partial charge in [-0.05, 0) is 36.8 Å². The summed E-state index contributed by atoms with van der Waals surface area (Å²) in [5.74, 6) is -0.0744. The molecule has 1 aliphatic heterocycles. The van der Waals surface area contributed by atoms with Crippen molar-refractivity contribution in [3.63, 3.8) is 0 Å². The van der Waals surface area contributed by atoms with Crippen molar-refractivity contribution in [3.05, 3.63) is 53.8 Å². The van der Waals surface area contributed by atoms with E-state index in [2.05, 4.69) is 0 Å². The molecule has 0 aliphatic carbocycles. The van der Waals surface area contributed by atoms with Crippen molar-refractivity contribution in [3.8, 4) is 11.5 Å². The van der Waals surface area contributed by atoms with E-state index in [9.17, 15) is 17.6 Å². The number of ether oxygens (including phenoxy) is 2. The molecular formula is C20H22FNO5S. The lowest BCUT2D eigenvalue weighted by atomic mass is 10.1. The van der Waals surface area contributed by atoms with Crippen LogP contribution in [0.3, 0.4) is 0 Å². The first kappa shape index (κ1) is 20.1. The van der Waals surface area contributed by atoms with Gasteiger partial charge in [-0.1, -0.05) is 12.1 Å². The van der Waals surface area contributed by atoms with Gasteiger partial charge < -0.3 is 14.4 Å². The van der Waals surface area contributed by atoms with Crippen LogP contribution < -0.4 is 9.47 Å². The quantitative estimate of drug-likeness (QED) is 0.736. The van der Waals surface area contributed by atoms with E-state index in [1.807, 2.05) is 0 Å². The predicted octanol–water partition coefficient (Wildman–Crippen LogP) is 2.98. The van der Waals surface area contributed by atoms with Crippen LogP contribution in [-0.4, -0.2) is 45.2 Å². The van der Waals surface area contributed by atoms with E-state index in [-0.39, 0.29) is 34.8 Å². The zero-order chi connectivity index (χ0) is 20.3. The van der Waals surface area contributed by atoms with E-state index in [0.717, 1.165) is 5.56 Å². The Bertz CT molecular complexity index is 959. The Morgan fingerprint density at radius 1 is 1.11 bits per heavy atom. The molecule has 0 unspecified atom stereocenters. The lowest BCUT2D eigenvalue weighted by Gasteiger charge is -2.25. The number of carbonyl (C=O) groups is 1. The third-order valence-electron chi connectivity index (χ3n) is 4.78. The maximum absolute atomic E-state index is 13.1. The molecule has 0 N–H and O–H groups in total. The largest absolute Gasteiger partial charge is 0.486 e. The number of hydrogen-bond acceptors (Lipinski definition) is 5. The van der Waals surface area contributed by atoms with Gasteiger partial charge in [0.15, 0.2) is 21.3 Å². The number of benzene rings is 2. The number of carbonyl (C=O) groups excluding carboxylic acids is 1. The summed E-state index contributed by atoms with van der Waals surface area (Å²) in [6.07, 6.45) is -0.154. The minimum atomic E-state index is -3.65. The number of hydrogen-bond donors (Lipinski definition) is 0. The Labute approximate surface area is 163 Å². The summed E-state index contributed by atoms with van der Waals surface area (Å²) >= 11 is 0. The first-order valence-electron chi connectivity index (χ1n) is 8.91. The average Bonchev–Trinajstić information content (AvgIpc) is 2.71. The van der Waals surface area contributed by atoms with Gasteiger partial charge >= 0.3 is 0 Å². The van der Waals surface area contributed by atoms with Gasteiger partial charge in [-0.3, -0.25) is 4.79 Å². The molecule has 1 amide bonds. The van der Waals surface area contributed by atoms with Gasteiger partial charge in [0.25, 0.3) is 0 Å². The fourth-order valence-corrected chi connectivity index (χ4v) is 4.15. The molecule has 1 heterocycles. The van der Waals surface area contributed by atoms with Crippen molar-refractivity contribution in [1.29, 1.82) is 0 Å². The van der Waals surface area contributed by atoms with Crippen molar-refractivity contribution >= 4 is 15.7 Å². The number of sulfone groups is 1. The van der Waals surface area contributed by atoms with Crippen LogP contribution >= 0.6 is 0 Å². The summed E-state index contributed by atoms with van der Waals surface area (Å²) in [6.45, 7) is 2.59. The van der Waals surface area contributed by atoms with Gasteiger partial charge in [-0.2, -0.15) is 0 Å². The van der Waals surface area contributed by atoms with Gasteiger partial charge in [-0.25, -0.2) is 12.8 Å². The third kappa shape index (κ3) is 4.44. The summed E-state index contributed by atoms with van der Waals surface area (Å²) in [5, 5.41) is 0. The smallest absolute Gasteiger partial charge is 0.223 e. The van der Waals surface area contributed by atoms with Crippen LogP contribution in [0.25, 0.3) is 0 Å². The molecule has 150 valence electrons. The second-order valence-corrected chi connectivity index (χ2v) is 8.72. The minimum absolute atomic E-state index is 0.0961. The molecular weight excluding hydrogens is 385 g/mol. The van der Waals surface area contributed by atoms with E-state index >= 15 is 0 Å². The van der Waals surface area contributed by atoms with Gasteiger partial charge in [0.05, 0.1) is 16.7 Å². The first-order valence-corrected chi connectivity index (χ1v) is 10.6. The maximum Gasteiger partial charge on any atom is 0.223 e. The number of rotatable bonds is 6. The van der Waals surface area contributed by atoms with Crippen LogP contribution in [0.4, 0.5) is 4.39 Å². The Morgan fingerprint density at radius 3 is 2.43 bits per heavy atom. The minimum Gasteiger partial charge on any atom is -0.486 e. The predicted molar refractivity (Wildman–Crippen MR) is 102 cm³/mol. The fraction of sp³-hybridized carbons (Fsp3) is 0.350. The van der Waals surface area contributed by atoms with E-state index in [4.69, 9.17) is 9.47 Å². The van der Waals surface area contributed by atoms with Gasteiger partial charge in [0.1, 0.15) is 19.0 Å². The molecule has 0 saturated heterocycles. The van der Waals surface area contributed by atoms with Crippen molar-refractivity contribution in [2.24, 2.45) is 0 Å². The number of nitrogens with zero attached hydrogens (tertiary/aromatic N) is 1. The standard InChI is InChI=1S/C20H22FNO5S/c1-14(15-3-5-16(21)6-4-15)22(2)20(23)9-12-28(24,25)17-7-8-18-19(13-17)27-11-10-26-18/h3-8,13-14H,9-12H2,1-2H3/t14-/m1/s1. The van der Waals surface area contributed by atoms with Crippen LogP contribution in [0.2, 0.25) is 0 Å². The fourth-order valence-electron chi connectivity index (χ4n) is 2.91. The lowest BCUT2D eigenvalue weighted by Crippen LogP contribution is -2.31. The van der Waals surface area contributed by atoms with Crippen LogP contribution in [0.5, 0.6) is 11.5 Å². The van der Waals surface area contributed by atoms with Crippen LogP contribution in [-0.2, 0) is 14.6 Å². The molecule has 6 nitrogen and oxygen atoms in total. The molecule has 3 rings (SSSR count). The Hall–Kier alpha value is -2.61. The first-order chi connectivity index (χ1) is 13.3. The van der Waals surface area contributed by atoms with Crippen LogP contribution in [0, 0.1) is 5.82 Å². The molecule has 0 fully saturated rings. The SMILES string of the molecule is C[C@H](c1ccc(F)cc1)N(C)C(=O)CCS(=O)(=O)c1ccc2c(c1)OCCO2. The zero-order valence-corrected chi connectivity index (χ0v) is 16.5. The summed E-state index contributed by atoms with van der Waals surface area (Å²) in [7, 11) is -2.05. The van der Waals surface area contributed by atoms with Gasteiger partial charge in [0, 0.05) is 19.5 Å². The summed E-state index contributed by atoms with van der Waals surface area (Å²) < 4.78 is 49.1. The lowest BCUT2D eigenvalue weighted by molar-refractivity contribution is -0.131. The molecule has 0 aromatic heterocycles. The highest BCUT2D eigenvalue weighted by atomic mass is 32.2. The molecule has 2 aromatic carbocycles. The summed E-state index contributed by atoms with van der Waals surface area (Å²) in [6, 6.07) is 10.0. The number of fused-ring (bicyclic) bond motifs is 1. The second-order valence-electron chi connectivity index (χ2n) is 6.61. The van der Waals surface area contributed by atoms with Gasteiger partial charge in [0.2, 0.25) is 5.91 Å². The topological polar surface area (TPSA) is 72.9 Å². The van der Waals surface area contributed by atoms with Crippen molar-refractivity contribution in [2.75, 3.05) is 26.0 Å². The molecule has 8 heteroatoms. The van der Waals surface area contributed by atoms with Crippen molar-refractivity contribution in [2.45, 2.75) is 24.3 Å². The number of halogens is 1. The monoisotopic (exact) mass is 407 g/mol. The number of amides is 1. The van der Waals surface area contributed by atoms with E-state index < -0.39 is 9.84 Å². The van der Waals surface area contributed by atoms with Crippen LogP contribution in [0.15, 0.2) is 47.4 Å². The second kappa shape index (κ2) is 8.18. The van der Waals surface area contributed by atoms with Crippen molar-refractivity contribution < 1.29 is 27.1 Å². The molecule has 28 heavy (non-hydrogen) atoms. The molecule has 0 radical (unpaired) electrons. The highest BCUT2D eigenvalue weighted by molar-refractivity contribution is 7.91. The molecule has 1 aliphatic rings. The van der Waals surface area contributed by atoms with E-state index in [1.54, 1.807) is 32.2 Å². The Kier molecular flexibility index (Phi) is 5.88. The molecule has 0 bridgehead atoms. The molecule has 0 saturated carbocycles.